The third-order valence-electron chi connectivity index (χ3n) is 4.30. The summed E-state index contributed by atoms with van der Waals surface area (Å²) in [4.78, 5) is 0. The molecule has 2 aromatic carbocycles. The van der Waals surface area contributed by atoms with E-state index in [0.29, 0.717) is 19.8 Å². The van der Waals surface area contributed by atoms with Crippen LogP contribution < -0.4 is 0 Å². The van der Waals surface area contributed by atoms with E-state index in [1.807, 2.05) is 60.7 Å². The Labute approximate surface area is 147 Å². The maximum atomic E-state index is 10.0. The van der Waals surface area contributed by atoms with E-state index in [9.17, 15) is 10.2 Å². The molecule has 1 aliphatic heterocycles. The van der Waals surface area contributed by atoms with Crippen LogP contribution in [0.2, 0.25) is 0 Å². The molecule has 1 fully saturated rings. The lowest BCUT2D eigenvalue weighted by molar-refractivity contribution is -0.107. The summed E-state index contributed by atoms with van der Waals surface area (Å²) in [5, 5.41) is 19.3. The summed E-state index contributed by atoms with van der Waals surface area (Å²) in [6.45, 7) is 0.798. The number of hydrogen-bond donors (Lipinski definition) is 2. The predicted molar refractivity (Wildman–Crippen MR) is 92.9 cm³/mol. The van der Waals surface area contributed by atoms with E-state index < -0.39 is 18.3 Å². The molecule has 5 heteroatoms. The predicted octanol–water partition coefficient (Wildman–Crippen LogP) is 1.91. The quantitative estimate of drug-likeness (QED) is 0.766. The van der Waals surface area contributed by atoms with Crippen molar-refractivity contribution < 1.29 is 24.4 Å². The van der Waals surface area contributed by atoms with Gasteiger partial charge >= 0.3 is 0 Å². The SMILES string of the molecule is OC[C@@H](O)[C@H]1OC[C@@H](OCc2ccccc2)[C@@H]1OCc1ccccc1. The normalized spacial score (nSPS) is 24.3. The van der Waals surface area contributed by atoms with Gasteiger partial charge in [-0.1, -0.05) is 60.7 Å². The number of benzene rings is 2. The van der Waals surface area contributed by atoms with Crippen molar-refractivity contribution in [1.29, 1.82) is 0 Å². The fourth-order valence-corrected chi connectivity index (χ4v) is 2.93. The molecule has 2 N–H and O–H groups in total. The van der Waals surface area contributed by atoms with E-state index in [1.165, 1.54) is 0 Å². The Morgan fingerprint density at radius 2 is 1.48 bits per heavy atom. The van der Waals surface area contributed by atoms with Gasteiger partial charge in [0.05, 0.1) is 26.4 Å². The number of aliphatic hydroxyl groups excluding tert-OH is 2. The molecule has 0 aromatic heterocycles. The van der Waals surface area contributed by atoms with E-state index >= 15 is 0 Å². The summed E-state index contributed by atoms with van der Waals surface area (Å²) < 4.78 is 17.6. The first-order valence-corrected chi connectivity index (χ1v) is 8.49. The van der Waals surface area contributed by atoms with Crippen molar-refractivity contribution >= 4 is 0 Å². The van der Waals surface area contributed by atoms with Gasteiger partial charge in [-0.25, -0.2) is 0 Å². The van der Waals surface area contributed by atoms with E-state index in [-0.39, 0.29) is 12.7 Å². The molecule has 0 amide bonds. The van der Waals surface area contributed by atoms with Gasteiger partial charge in [0, 0.05) is 0 Å². The second-order valence-electron chi connectivity index (χ2n) is 6.14. The molecular formula is C20H24O5. The highest BCUT2D eigenvalue weighted by Gasteiger charge is 2.42. The molecule has 1 heterocycles. The second-order valence-corrected chi connectivity index (χ2v) is 6.14. The molecule has 5 nitrogen and oxygen atoms in total. The van der Waals surface area contributed by atoms with Crippen molar-refractivity contribution in [3.63, 3.8) is 0 Å². The summed E-state index contributed by atoms with van der Waals surface area (Å²) in [5.74, 6) is 0. The van der Waals surface area contributed by atoms with Gasteiger partial charge in [0.15, 0.2) is 0 Å². The Bertz CT molecular complexity index is 618. The number of aliphatic hydroxyl groups is 2. The maximum Gasteiger partial charge on any atom is 0.115 e. The average Bonchev–Trinajstić information content (AvgIpc) is 3.08. The van der Waals surface area contributed by atoms with Gasteiger partial charge in [0.1, 0.15) is 24.4 Å². The molecule has 4 atom stereocenters. The number of rotatable bonds is 8. The smallest absolute Gasteiger partial charge is 0.115 e. The largest absolute Gasteiger partial charge is 0.394 e. The molecule has 0 unspecified atom stereocenters. The van der Waals surface area contributed by atoms with E-state index in [2.05, 4.69) is 0 Å². The molecule has 1 aliphatic rings. The molecule has 0 radical (unpaired) electrons. The van der Waals surface area contributed by atoms with Crippen molar-refractivity contribution in [1.82, 2.24) is 0 Å². The summed E-state index contributed by atoms with van der Waals surface area (Å²) in [6, 6.07) is 19.7. The Hall–Kier alpha value is -1.76. The van der Waals surface area contributed by atoms with Crippen LogP contribution in [0.15, 0.2) is 60.7 Å². The first-order valence-electron chi connectivity index (χ1n) is 8.49. The summed E-state index contributed by atoms with van der Waals surface area (Å²) in [5.41, 5.74) is 2.10. The standard InChI is InChI=1S/C20H24O5/c21-11-17(22)19-20(24-13-16-9-5-2-6-10-16)18(14-25-19)23-12-15-7-3-1-4-8-15/h1-10,17-22H,11-14H2/t17-,18-,19-,20+/m1/s1. The molecule has 3 rings (SSSR count). The van der Waals surface area contributed by atoms with Crippen molar-refractivity contribution in [2.75, 3.05) is 13.2 Å². The van der Waals surface area contributed by atoms with Gasteiger partial charge in [-0.05, 0) is 11.1 Å². The maximum absolute atomic E-state index is 10.0. The van der Waals surface area contributed by atoms with E-state index in [1.54, 1.807) is 0 Å². The van der Waals surface area contributed by atoms with Gasteiger partial charge in [-0.3, -0.25) is 0 Å². The zero-order valence-corrected chi connectivity index (χ0v) is 14.0. The lowest BCUT2D eigenvalue weighted by atomic mass is 10.1. The molecule has 0 bridgehead atoms. The van der Waals surface area contributed by atoms with Crippen LogP contribution in [-0.4, -0.2) is 47.8 Å². The molecule has 0 aliphatic carbocycles. The zero-order valence-electron chi connectivity index (χ0n) is 14.0. The minimum absolute atomic E-state index is 0.296. The Morgan fingerprint density at radius 3 is 2.04 bits per heavy atom. The van der Waals surface area contributed by atoms with Crippen molar-refractivity contribution in [2.24, 2.45) is 0 Å². The van der Waals surface area contributed by atoms with Gasteiger partial charge in [-0.15, -0.1) is 0 Å². The Balaban J connectivity index is 1.63. The van der Waals surface area contributed by atoms with Crippen LogP contribution in [0.5, 0.6) is 0 Å². The summed E-state index contributed by atoms with van der Waals surface area (Å²) >= 11 is 0. The highest BCUT2D eigenvalue weighted by atomic mass is 16.6. The fourth-order valence-electron chi connectivity index (χ4n) is 2.93. The molecule has 0 spiro atoms. The van der Waals surface area contributed by atoms with Crippen molar-refractivity contribution in [3.8, 4) is 0 Å². The van der Waals surface area contributed by atoms with Crippen molar-refractivity contribution in [3.05, 3.63) is 71.8 Å². The summed E-state index contributed by atoms with van der Waals surface area (Å²) in [6.07, 6.45) is -2.33. The molecule has 25 heavy (non-hydrogen) atoms. The fraction of sp³-hybridized carbons (Fsp3) is 0.400. The number of hydrogen-bond acceptors (Lipinski definition) is 5. The third kappa shape index (κ3) is 4.87. The highest BCUT2D eigenvalue weighted by Crippen LogP contribution is 2.25. The summed E-state index contributed by atoms with van der Waals surface area (Å²) in [7, 11) is 0. The molecule has 2 aromatic rings. The first kappa shape index (κ1) is 18.0. The number of ether oxygens (including phenoxy) is 3. The monoisotopic (exact) mass is 344 g/mol. The Morgan fingerprint density at radius 1 is 0.920 bits per heavy atom. The minimum Gasteiger partial charge on any atom is -0.394 e. The van der Waals surface area contributed by atoms with Crippen LogP contribution in [0.4, 0.5) is 0 Å². The van der Waals surface area contributed by atoms with Crippen LogP contribution in [0, 0.1) is 0 Å². The molecular weight excluding hydrogens is 320 g/mol. The van der Waals surface area contributed by atoms with Crippen LogP contribution in [0.25, 0.3) is 0 Å². The first-order chi connectivity index (χ1) is 12.3. The van der Waals surface area contributed by atoms with Crippen LogP contribution in [0.3, 0.4) is 0 Å². The van der Waals surface area contributed by atoms with E-state index in [0.717, 1.165) is 11.1 Å². The van der Waals surface area contributed by atoms with Gasteiger partial charge < -0.3 is 24.4 Å². The highest BCUT2D eigenvalue weighted by molar-refractivity contribution is 5.14. The van der Waals surface area contributed by atoms with Gasteiger partial charge in [0.25, 0.3) is 0 Å². The molecule has 0 saturated carbocycles. The lowest BCUT2D eigenvalue weighted by Gasteiger charge is -2.26. The molecule has 134 valence electrons. The third-order valence-corrected chi connectivity index (χ3v) is 4.30. The van der Waals surface area contributed by atoms with E-state index in [4.69, 9.17) is 14.2 Å². The molecule has 1 saturated heterocycles. The topological polar surface area (TPSA) is 68.2 Å². The zero-order chi connectivity index (χ0) is 17.5. The average molecular weight is 344 g/mol. The van der Waals surface area contributed by atoms with Crippen LogP contribution in [-0.2, 0) is 27.4 Å². The lowest BCUT2D eigenvalue weighted by Crippen LogP contribution is -2.42. The van der Waals surface area contributed by atoms with Crippen LogP contribution >= 0.6 is 0 Å². The van der Waals surface area contributed by atoms with Gasteiger partial charge in [0.2, 0.25) is 0 Å². The van der Waals surface area contributed by atoms with Crippen molar-refractivity contribution in [2.45, 2.75) is 37.6 Å². The van der Waals surface area contributed by atoms with Crippen LogP contribution in [0.1, 0.15) is 11.1 Å². The second kappa shape index (κ2) is 9.08. The van der Waals surface area contributed by atoms with Gasteiger partial charge in [-0.2, -0.15) is 0 Å². The Kier molecular flexibility index (Phi) is 6.55. The minimum atomic E-state index is -0.994.